The van der Waals surface area contributed by atoms with Crippen molar-refractivity contribution in [3.05, 3.63) is 46.5 Å². The fraction of sp³-hybridized carbons (Fsp3) is 0.312. The Morgan fingerprint density at radius 3 is 2.81 bits per heavy atom. The molecule has 0 saturated heterocycles. The highest BCUT2D eigenvalue weighted by Crippen LogP contribution is 2.33. The number of carbonyl (C=O) groups is 2. The quantitative estimate of drug-likeness (QED) is 0.857. The number of Topliss-reactive ketones (excluding diaryl/α,β-unsaturated/α-hetero) is 1. The minimum absolute atomic E-state index is 0.158. The highest BCUT2D eigenvalue weighted by Gasteiger charge is 2.25. The van der Waals surface area contributed by atoms with Crippen LogP contribution in [0.3, 0.4) is 0 Å². The highest BCUT2D eigenvalue weighted by atomic mass is 32.1. The summed E-state index contributed by atoms with van der Waals surface area (Å²) in [5.41, 5.74) is 2.84. The summed E-state index contributed by atoms with van der Waals surface area (Å²) in [5, 5.41) is 4.55. The fourth-order valence-corrected chi connectivity index (χ4v) is 2.66. The molecule has 1 amide bonds. The highest BCUT2D eigenvalue weighted by molar-refractivity contribution is 7.03. The van der Waals surface area contributed by atoms with E-state index in [1.54, 1.807) is 11.4 Å². The minimum Gasteiger partial charge on any atom is -0.322 e. The molecule has 1 aliphatic rings. The molecule has 0 radical (unpaired) electrons. The molecule has 1 fully saturated rings. The molecule has 0 atom stereocenters. The Morgan fingerprint density at radius 2 is 2.14 bits per heavy atom. The molecule has 0 unspecified atom stereocenters. The van der Waals surface area contributed by atoms with E-state index in [4.69, 9.17) is 0 Å². The Kier molecular flexibility index (Phi) is 3.84. The fourth-order valence-electron chi connectivity index (χ4n) is 2.14. The maximum atomic E-state index is 12.2. The molecule has 2 aromatic rings. The van der Waals surface area contributed by atoms with Crippen LogP contribution in [-0.4, -0.2) is 16.1 Å². The molecular formula is C16H16N2O2S. The Labute approximate surface area is 127 Å². The molecule has 1 N–H and O–H groups in total. The molecule has 108 valence electrons. The summed E-state index contributed by atoms with van der Waals surface area (Å²) >= 11 is 1.24. The number of aromatic nitrogens is 1. The third-order valence-corrected chi connectivity index (χ3v) is 4.26. The van der Waals surface area contributed by atoms with Crippen LogP contribution in [0.2, 0.25) is 0 Å². The summed E-state index contributed by atoms with van der Waals surface area (Å²) in [5.74, 6) is 0.526. The van der Waals surface area contributed by atoms with E-state index in [2.05, 4.69) is 9.69 Å². The summed E-state index contributed by atoms with van der Waals surface area (Å²) in [6.07, 6.45) is 4.47. The third kappa shape index (κ3) is 3.36. The number of carbonyl (C=O) groups excluding carboxylic acids is 2. The van der Waals surface area contributed by atoms with Crippen molar-refractivity contribution in [1.29, 1.82) is 0 Å². The van der Waals surface area contributed by atoms with Crippen molar-refractivity contribution in [2.24, 2.45) is 5.92 Å². The maximum Gasteiger partial charge on any atom is 0.258 e. The largest absolute Gasteiger partial charge is 0.322 e. The molecule has 3 rings (SSSR count). The zero-order valence-corrected chi connectivity index (χ0v) is 12.6. The van der Waals surface area contributed by atoms with Crippen molar-refractivity contribution in [1.82, 2.24) is 4.37 Å². The number of anilines is 1. The number of ketones is 1. The van der Waals surface area contributed by atoms with Crippen LogP contribution >= 0.6 is 11.5 Å². The number of benzene rings is 1. The van der Waals surface area contributed by atoms with Gasteiger partial charge in [0.1, 0.15) is 0 Å². The van der Waals surface area contributed by atoms with Crippen LogP contribution in [0.1, 0.15) is 45.5 Å². The van der Waals surface area contributed by atoms with Crippen LogP contribution in [0, 0.1) is 12.8 Å². The topological polar surface area (TPSA) is 59.1 Å². The van der Waals surface area contributed by atoms with Gasteiger partial charge in [-0.1, -0.05) is 12.1 Å². The van der Waals surface area contributed by atoms with Gasteiger partial charge in [0.15, 0.2) is 5.78 Å². The van der Waals surface area contributed by atoms with Crippen molar-refractivity contribution < 1.29 is 9.59 Å². The summed E-state index contributed by atoms with van der Waals surface area (Å²) in [7, 11) is 0. The van der Waals surface area contributed by atoms with Gasteiger partial charge in [-0.15, -0.1) is 0 Å². The molecule has 4 nitrogen and oxygen atoms in total. The zero-order chi connectivity index (χ0) is 14.8. The van der Waals surface area contributed by atoms with Crippen molar-refractivity contribution in [3.63, 3.8) is 0 Å². The lowest BCUT2D eigenvalue weighted by atomic mass is 10.0. The average molecular weight is 300 g/mol. The van der Waals surface area contributed by atoms with Gasteiger partial charge in [-0.3, -0.25) is 9.59 Å². The number of rotatable bonds is 5. The number of amides is 1. The van der Waals surface area contributed by atoms with Gasteiger partial charge < -0.3 is 5.32 Å². The Bertz CT molecular complexity index is 676. The zero-order valence-electron chi connectivity index (χ0n) is 11.8. The van der Waals surface area contributed by atoms with Gasteiger partial charge in [0, 0.05) is 23.1 Å². The van der Waals surface area contributed by atoms with E-state index < -0.39 is 0 Å². The summed E-state index contributed by atoms with van der Waals surface area (Å²) < 4.78 is 3.92. The van der Waals surface area contributed by atoms with Gasteiger partial charge in [0.25, 0.3) is 5.91 Å². The predicted molar refractivity (Wildman–Crippen MR) is 82.9 cm³/mol. The molecule has 5 heteroatoms. The first kappa shape index (κ1) is 13.9. The first-order chi connectivity index (χ1) is 10.1. The Balaban J connectivity index is 1.77. The van der Waals surface area contributed by atoms with E-state index >= 15 is 0 Å². The molecule has 1 saturated carbocycles. The number of nitrogens with one attached hydrogen (secondary N) is 1. The summed E-state index contributed by atoms with van der Waals surface area (Å²) in [4.78, 5) is 24.2. The molecule has 1 heterocycles. The van der Waals surface area contributed by atoms with E-state index in [1.165, 1.54) is 17.7 Å². The third-order valence-electron chi connectivity index (χ3n) is 3.67. The van der Waals surface area contributed by atoms with Crippen molar-refractivity contribution in [3.8, 4) is 0 Å². The number of hydrogen-bond acceptors (Lipinski definition) is 4. The van der Waals surface area contributed by atoms with E-state index in [1.807, 2.05) is 19.1 Å². The van der Waals surface area contributed by atoms with Gasteiger partial charge in [-0.2, -0.15) is 0 Å². The standard InChI is InChI=1S/C16H16N2O2S/c1-10-2-5-12(15(19)6-11-3-4-11)7-14(10)18-16(20)13-8-17-21-9-13/h2,5,7-9,11H,3-4,6H2,1H3,(H,18,20). The molecule has 0 bridgehead atoms. The van der Waals surface area contributed by atoms with Gasteiger partial charge >= 0.3 is 0 Å². The van der Waals surface area contributed by atoms with Gasteiger partial charge in [0.05, 0.1) is 11.8 Å². The number of nitrogens with zero attached hydrogens (tertiary/aromatic N) is 1. The Morgan fingerprint density at radius 1 is 1.33 bits per heavy atom. The maximum absolute atomic E-state index is 12.2. The lowest BCUT2D eigenvalue weighted by Crippen LogP contribution is -2.12. The van der Waals surface area contributed by atoms with E-state index in [0.29, 0.717) is 29.2 Å². The second-order valence-corrected chi connectivity index (χ2v) is 6.12. The van der Waals surface area contributed by atoms with Crippen LogP contribution in [0.5, 0.6) is 0 Å². The second-order valence-electron chi connectivity index (χ2n) is 5.47. The van der Waals surface area contributed by atoms with Crippen molar-refractivity contribution in [2.45, 2.75) is 26.2 Å². The predicted octanol–water partition coefficient (Wildman–Crippen LogP) is 3.69. The minimum atomic E-state index is -0.196. The average Bonchev–Trinajstić information content (AvgIpc) is 3.10. The summed E-state index contributed by atoms with van der Waals surface area (Å²) in [6.45, 7) is 1.91. The van der Waals surface area contributed by atoms with Crippen molar-refractivity contribution in [2.75, 3.05) is 5.32 Å². The SMILES string of the molecule is Cc1ccc(C(=O)CC2CC2)cc1NC(=O)c1cnsc1. The molecule has 1 aliphatic carbocycles. The molecule has 21 heavy (non-hydrogen) atoms. The molecule has 0 spiro atoms. The van der Waals surface area contributed by atoms with Crippen LogP contribution in [-0.2, 0) is 0 Å². The van der Waals surface area contributed by atoms with Gasteiger partial charge in [-0.25, -0.2) is 4.37 Å². The lowest BCUT2D eigenvalue weighted by Gasteiger charge is -2.09. The lowest BCUT2D eigenvalue weighted by molar-refractivity contribution is 0.0974. The molecule has 1 aromatic heterocycles. The van der Waals surface area contributed by atoms with E-state index in [-0.39, 0.29) is 11.7 Å². The second kappa shape index (κ2) is 5.77. The molecule has 1 aromatic carbocycles. The van der Waals surface area contributed by atoms with Gasteiger partial charge in [0.2, 0.25) is 0 Å². The summed E-state index contributed by atoms with van der Waals surface area (Å²) in [6, 6.07) is 5.49. The first-order valence-electron chi connectivity index (χ1n) is 6.98. The normalized spacial score (nSPS) is 14.0. The molecular weight excluding hydrogens is 284 g/mol. The van der Waals surface area contributed by atoms with Crippen molar-refractivity contribution >= 4 is 28.9 Å². The Hall–Kier alpha value is -2.01. The van der Waals surface area contributed by atoms with Crippen LogP contribution < -0.4 is 5.32 Å². The van der Waals surface area contributed by atoms with E-state index in [0.717, 1.165) is 18.4 Å². The number of aryl methyl sites for hydroxylation is 1. The molecule has 0 aliphatic heterocycles. The monoisotopic (exact) mass is 300 g/mol. The first-order valence-corrected chi connectivity index (χ1v) is 7.81. The van der Waals surface area contributed by atoms with Crippen LogP contribution in [0.25, 0.3) is 0 Å². The van der Waals surface area contributed by atoms with E-state index in [9.17, 15) is 9.59 Å². The van der Waals surface area contributed by atoms with Gasteiger partial charge in [-0.05, 0) is 48.8 Å². The van der Waals surface area contributed by atoms with Crippen LogP contribution in [0.4, 0.5) is 5.69 Å². The van der Waals surface area contributed by atoms with Crippen LogP contribution in [0.15, 0.2) is 29.8 Å². The number of hydrogen-bond donors (Lipinski definition) is 1. The smallest absolute Gasteiger partial charge is 0.258 e.